The van der Waals surface area contributed by atoms with Gasteiger partial charge in [-0.3, -0.25) is 0 Å². The number of likely N-dealkylation sites (tertiary alicyclic amines) is 1. The topological polar surface area (TPSA) is 78.9 Å². The van der Waals surface area contributed by atoms with Gasteiger partial charge in [-0.2, -0.15) is 0 Å². The number of carboxylic acid groups (broad SMARTS) is 1. The van der Waals surface area contributed by atoms with Crippen LogP contribution in [-0.4, -0.2) is 48.4 Å². The molecule has 1 heterocycles. The fourth-order valence-electron chi connectivity index (χ4n) is 1.84. The van der Waals surface area contributed by atoms with Crippen LogP contribution in [0.4, 0.5) is 4.79 Å². The molecule has 0 aromatic rings. The molecule has 0 radical (unpaired) electrons. The lowest BCUT2D eigenvalue weighted by atomic mass is 10.1. The summed E-state index contributed by atoms with van der Waals surface area (Å²) in [4.78, 5) is 23.7. The summed E-state index contributed by atoms with van der Waals surface area (Å²) in [6.45, 7) is 6.82. The van der Waals surface area contributed by atoms with Crippen molar-refractivity contribution in [1.82, 2.24) is 4.90 Å². The van der Waals surface area contributed by atoms with Gasteiger partial charge < -0.3 is 24.3 Å². The molecule has 0 aliphatic carbocycles. The molecule has 1 fully saturated rings. The van der Waals surface area contributed by atoms with Gasteiger partial charge in [-0.05, 0) is 33.6 Å². The van der Waals surface area contributed by atoms with E-state index in [1.54, 1.807) is 4.90 Å². The van der Waals surface area contributed by atoms with E-state index in [2.05, 4.69) is 0 Å². The Labute approximate surface area is 113 Å². The number of rotatable bonds is 4. The number of ether oxygens (including phenoxy) is 2. The van der Waals surface area contributed by atoms with Crippen LogP contribution in [0.5, 0.6) is 0 Å². The van der Waals surface area contributed by atoms with Crippen molar-refractivity contribution >= 4 is 12.1 Å². The number of hydrogen-bond acceptors (Lipinski definition) is 5. The van der Waals surface area contributed by atoms with Crippen molar-refractivity contribution in [2.45, 2.75) is 51.7 Å². The molecular weight excluding hydrogens is 250 g/mol. The van der Waals surface area contributed by atoms with Gasteiger partial charge in [-0.25, -0.2) is 4.79 Å². The lowest BCUT2D eigenvalue weighted by Gasteiger charge is -2.33. The van der Waals surface area contributed by atoms with Crippen LogP contribution in [0.2, 0.25) is 0 Å². The molecule has 0 N–H and O–H groups in total. The maximum Gasteiger partial charge on any atom is 0.410 e. The molecule has 0 aromatic heterocycles. The summed E-state index contributed by atoms with van der Waals surface area (Å²) in [6, 6.07) is 0. The van der Waals surface area contributed by atoms with E-state index in [1.165, 1.54) is 0 Å². The SMILES string of the molecule is CC(C)(C)OC(=O)N1CCC(OCCC(=O)[O-])CC1. The molecule has 1 aliphatic rings. The van der Waals surface area contributed by atoms with E-state index < -0.39 is 11.6 Å². The van der Waals surface area contributed by atoms with Crippen LogP contribution < -0.4 is 5.11 Å². The van der Waals surface area contributed by atoms with Crippen molar-refractivity contribution in [3.63, 3.8) is 0 Å². The third-order valence-electron chi connectivity index (χ3n) is 2.75. The molecule has 6 heteroatoms. The average molecular weight is 272 g/mol. The minimum atomic E-state index is -1.11. The molecule has 19 heavy (non-hydrogen) atoms. The first-order chi connectivity index (χ1) is 8.78. The normalized spacial score (nSPS) is 17.3. The van der Waals surface area contributed by atoms with Gasteiger partial charge >= 0.3 is 6.09 Å². The second kappa shape index (κ2) is 6.75. The zero-order valence-electron chi connectivity index (χ0n) is 11.8. The molecule has 0 unspecified atom stereocenters. The van der Waals surface area contributed by atoms with Crippen molar-refractivity contribution in [3.8, 4) is 0 Å². The first-order valence-corrected chi connectivity index (χ1v) is 6.57. The molecule has 0 saturated carbocycles. The molecule has 1 rings (SSSR count). The number of carbonyl (C=O) groups excluding carboxylic acids is 2. The largest absolute Gasteiger partial charge is 0.550 e. The summed E-state index contributed by atoms with van der Waals surface area (Å²) >= 11 is 0. The Morgan fingerprint density at radius 3 is 2.32 bits per heavy atom. The lowest BCUT2D eigenvalue weighted by molar-refractivity contribution is -0.306. The number of aliphatic carboxylic acids is 1. The second-order valence-corrected chi connectivity index (χ2v) is 5.66. The number of carboxylic acids is 1. The highest BCUT2D eigenvalue weighted by molar-refractivity contribution is 5.68. The number of nitrogens with zero attached hydrogens (tertiary/aromatic N) is 1. The monoisotopic (exact) mass is 272 g/mol. The van der Waals surface area contributed by atoms with Crippen LogP contribution in [0, 0.1) is 0 Å². The summed E-state index contributed by atoms with van der Waals surface area (Å²) in [5.74, 6) is -1.11. The zero-order valence-corrected chi connectivity index (χ0v) is 11.8. The Morgan fingerprint density at radius 2 is 1.84 bits per heavy atom. The van der Waals surface area contributed by atoms with Crippen LogP contribution >= 0.6 is 0 Å². The summed E-state index contributed by atoms with van der Waals surface area (Å²) in [7, 11) is 0. The molecule has 6 nitrogen and oxygen atoms in total. The molecule has 0 bridgehead atoms. The molecule has 0 atom stereocenters. The van der Waals surface area contributed by atoms with Gasteiger partial charge in [-0.1, -0.05) is 0 Å². The summed E-state index contributed by atoms with van der Waals surface area (Å²) in [5.41, 5.74) is -0.487. The number of carbonyl (C=O) groups is 2. The van der Waals surface area contributed by atoms with Gasteiger partial charge in [0, 0.05) is 25.5 Å². The first-order valence-electron chi connectivity index (χ1n) is 6.57. The van der Waals surface area contributed by atoms with Crippen molar-refractivity contribution in [2.75, 3.05) is 19.7 Å². The summed E-state index contributed by atoms with van der Waals surface area (Å²) < 4.78 is 10.7. The van der Waals surface area contributed by atoms with Gasteiger partial charge in [0.2, 0.25) is 0 Å². The van der Waals surface area contributed by atoms with Crippen LogP contribution in [0.1, 0.15) is 40.0 Å². The van der Waals surface area contributed by atoms with Gasteiger partial charge in [-0.15, -0.1) is 0 Å². The predicted molar refractivity (Wildman–Crippen MR) is 66.4 cm³/mol. The molecule has 0 aromatic carbocycles. The quantitative estimate of drug-likeness (QED) is 0.746. The Bertz CT molecular complexity index is 315. The Kier molecular flexibility index (Phi) is 5.60. The van der Waals surface area contributed by atoms with E-state index in [0.29, 0.717) is 25.9 Å². The highest BCUT2D eigenvalue weighted by Gasteiger charge is 2.26. The van der Waals surface area contributed by atoms with Crippen LogP contribution in [-0.2, 0) is 14.3 Å². The molecule has 1 saturated heterocycles. The molecule has 0 spiro atoms. The number of piperidine rings is 1. The highest BCUT2D eigenvalue weighted by atomic mass is 16.6. The third-order valence-corrected chi connectivity index (χ3v) is 2.75. The van der Waals surface area contributed by atoms with Gasteiger partial charge in [0.25, 0.3) is 0 Å². The maximum absolute atomic E-state index is 11.8. The van der Waals surface area contributed by atoms with Crippen LogP contribution in [0.15, 0.2) is 0 Å². The van der Waals surface area contributed by atoms with E-state index in [1.807, 2.05) is 20.8 Å². The second-order valence-electron chi connectivity index (χ2n) is 5.66. The predicted octanol–water partition coefficient (Wildman–Crippen LogP) is 0.543. The molecular formula is C13H22NO5-. The van der Waals surface area contributed by atoms with Gasteiger partial charge in [0.15, 0.2) is 0 Å². The Morgan fingerprint density at radius 1 is 1.26 bits per heavy atom. The van der Waals surface area contributed by atoms with Gasteiger partial charge in [0.1, 0.15) is 5.60 Å². The van der Waals surface area contributed by atoms with Crippen LogP contribution in [0.3, 0.4) is 0 Å². The van der Waals surface area contributed by atoms with Crippen LogP contribution in [0.25, 0.3) is 0 Å². The number of amides is 1. The minimum absolute atomic E-state index is 0.0121. The summed E-state index contributed by atoms with van der Waals surface area (Å²) in [6.07, 6.45) is 1.02. The standard InChI is InChI=1S/C13H23NO5/c1-13(2,3)19-12(17)14-7-4-10(5-8-14)18-9-6-11(15)16/h10H,4-9H2,1-3H3,(H,15,16)/p-1. The van der Waals surface area contributed by atoms with E-state index in [-0.39, 0.29) is 25.2 Å². The third kappa shape index (κ3) is 6.42. The van der Waals surface area contributed by atoms with E-state index in [0.717, 1.165) is 0 Å². The van der Waals surface area contributed by atoms with E-state index in [4.69, 9.17) is 9.47 Å². The average Bonchev–Trinajstić information content (AvgIpc) is 2.27. The van der Waals surface area contributed by atoms with E-state index >= 15 is 0 Å². The highest BCUT2D eigenvalue weighted by Crippen LogP contribution is 2.17. The van der Waals surface area contributed by atoms with Crippen molar-refractivity contribution < 1.29 is 24.2 Å². The van der Waals surface area contributed by atoms with Crippen molar-refractivity contribution in [1.29, 1.82) is 0 Å². The van der Waals surface area contributed by atoms with Crippen molar-refractivity contribution in [3.05, 3.63) is 0 Å². The van der Waals surface area contributed by atoms with Gasteiger partial charge in [0.05, 0.1) is 12.7 Å². The zero-order chi connectivity index (χ0) is 14.5. The maximum atomic E-state index is 11.8. The summed E-state index contributed by atoms with van der Waals surface area (Å²) in [5, 5.41) is 10.3. The molecule has 1 amide bonds. The minimum Gasteiger partial charge on any atom is -0.550 e. The fourth-order valence-corrected chi connectivity index (χ4v) is 1.84. The lowest BCUT2D eigenvalue weighted by Crippen LogP contribution is -2.43. The molecule has 110 valence electrons. The van der Waals surface area contributed by atoms with E-state index in [9.17, 15) is 14.7 Å². The number of hydrogen-bond donors (Lipinski definition) is 0. The smallest absolute Gasteiger partial charge is 0.410 e. The molecule has 1 aliphatic heterocycles. The van der Waals surface area contributed by atoms with Crippen molar-refractivity contribution in [2.24, 2.45) is 0 Å². The first kappa shape index (κ1) is 15.8. The fraction of sp³-hybridized carbons (Fsp3) is 0.846. The Hall–Kier alpha value is -1.30. The Balaban J connectivity index is 2.25.